The zero-order chi connectivity index (χ0) is 11.9. The van der Waals surface area contributed by atoms with Crippen molar-refractivity contribution in [1.82, 2.24) is 9.88 Å². The molecular formula is C12H14N2O3. The lowest BCUT2D eigenvalue weighted by atomic mass is 9.87. The molecule has 5 heteroatoms. The molecule has 1 fully saturated rings. The van der Waals surface area contributed by atoms with E-state index in [-0.39, 0.29) is 5.60 Å². The first-order valence-electron chi connectivity index (χ1n) is 5.78. The van der Waals surface area contributed by atoms with Gasteiger partial charge < -0.3 is 14.7 Å². The van der Waals surface area contributed by atoms with Gasteiger partial charge in [0.1, 0.15) is 11.4 Å². The molecule has 1 aromatic heterocycles. The maximum absolute atomic E-state index is 10.9. The third-order valence-corrected chi connectivity index (χ3v) is 3.65. The Labute approximate surface area is 99.0 Å². The molecular weight excluding hydrogens is 220 g/mol. The highest BCUT2D eigenvalue weighted by atomic mass is 16.5. The van der Waals surface area contributed by atoms with E-state index in [1.807, 2.05) is 6.07 Å². The second-order valence-electron chi connectivity index (χ2n) is 4.71. The maximum atomic E-state index is 10.9. The normalized spacial score (nSPS) is 21.1. The van der Waals surface area contributed by atoms with E-state index in [0.29, 0.717) is 13.1 Å². The van der Waals surface area contributed by atoms with E-state index >= 15 is 0 Å². The predicted octanol–water partition coefficient (Wildman–Crippen LogP) is 1.53. The molecule has 0 unspecified atom stereocenters. The van der Waals surface area contributed by atoms with Gasteiger partial charge in [-0.1, -0.05) is 0 Å². The number of nitrogens with zero attached hydrogens (tertiary/aromatic N) is 2. The van der Waals surface area contributed by atoms with Crippen LogP contribution in [-0.2, 0) is 6.42 Å². The van der Waals surface area contributed by atoms with Crippen LogP contribution in [0.25, 0.3) is 0 Å². The zero-order valence-electron chi connectivity index (χ0n) is 9.43. The number of amides is 1. The summed E-state index contributed by atoms with van der Waals surface area (Å²) < 4.78 is 5.98. The molecule has 0 aromatic carbocycles. The number of aromatic nitrogens is 1. The van der Waals surface area contributed by atoms with Crippen LogP contribution in [0.2, 0.25) is 0 Å². The lowest BCUT2D eigenvalue weighted by Crippen LogP contribution is -2.48. The molecule has 0 atom stereocenters. The Bertz CT molecular complexity index is 426. The van der Waals surface area contributed by atoms with E-state index in [0.717, 1.165) is 25.0 Å². The van der Waals surface area contributed by atoms with Crippen molar-refractivity contribution in [2.75, 3.05) is 13.1 Å². The van der Waals surface area contributed by atoms with Gasteiger partial charge >= 0.3 is 6.09 Å². The van der Waals surface area contributed by atoms with Gasteiger partial charge in [-0.2, -0.15) is 0 Å². The first kappa shape index (κ1) is 10.4. The van der Waals surface area contributed by atoms with Crippen molar-refractivity contribution in [3.8, 4) is 5.75 Å². The maximum Gasteiger partial charge on any atom is 0.407 e. The van der Waals surface area contributed by atoms with E-state index in [2.05, 4.69) is 4.98 Å². The molecule has 2 aliphatic heterocycles. The van der Waals surface area contributed by atoms with E-state index in [1.165, 1.54) is 10.5 Å². The number of pyridine rings is 1. The highest BCUT2D eigenvalue weighted by molar-refractivity contribution is 5.65. The van der Waals surface area contributed by atoms with E-state index < -0.39 is 6.09 Å². The second-order valence-corrected chi connectivity index (χ2v) is 4.71. The molecule has 1 N–H and O–H groups in total. The van der Waals surface area contributed by atoms with Gasteiger partial charge in [0.05, 0.1) is 6.20 Å². The summed E-state index contributed by atoms with van der Waals surface area (Å²) in [6, 6.07) is 1.98. The van der Waals surface area contributed by atoms with Crippen LogP contribution in [0.3, 0.4) is 0 Å². The Kier molecular flexibility index (Phi) is 2.21. The summed E-state index contributed by atoms with van der Waals surface area (Å²) in [6.07, 6.45) is 5.07. The lowest BCUT2D eigenvalue weighted by Gasteiger charge is -2.37. The fraction of sp³-hybridized carbons (Fsp3) is 0.500. The summed E-state index contributed by atoms with van der Waals surface area (Å²) in [4.78, 5) is 16.4. The summed E-state index contributed by atoms with van der Waals surface area (Å²) >= 11 is 0. The monoisotopic (exact) mass is 234 g/mol. The van der Waals surface area contributed by atoms with Crippen molar-refractivity contribution in [2.45, 2.75) is 24.9 Å². The average molecular weight is 234 g/mol. The van der Waals surface area contributed by atoms with Gasteiger partial charge in [0.25, 0.3) is 0 Å². The molecule has 0 radical (unpaired) electrons. The van der Waals surface area contributed by atoms with Crippen LogP contribution in [0.5, 0.6) is 5.75 Å². The van der Waals surface area contributed by atoms with Crippen LogP contribution in [0.1, 0.15) is 18.4 Å². The van der Waals surface area contributed by atoms with Crippen molar-refractivity contribution < 1.29 is 14.6 Å². The zero-order valence-corrected chi connectivity index (χ0v) is 9.43. The van der Waals surface area contributed by atoms with Gasteiger partial charge in [-0.25, -0.2) is 4.79 Å². The van der Waals surface area contributed by atoms with Gasteiger partial charge in [-0.15, -0.1) is 0 Å². The lowest BCUT2D eigenvalue weighted by molar-refractivity contribution is 0.0223. The molecule has 3 heterocycles. The van der Waals surface area contributed by atoms with Crippen LogP contribution < -0.4 is 4.74 Å². The predicted molar refractivity (Wildman–Crippen MR) is 60.1 cm³/mol. The fourth-order valence-corrected chi connectivity index (χ4v) is 2.65. The Morgan fingerprint density at radius 2 is 2.24 bits per heavy atom. The Morgan fingerprint density at radius 1 is 1.47 bits per heavy atom. The highest BCUT2D eigenvalue weighted by Crippen LogP contribution is 2.40. The van der Waals surface area contributed by atoms with Gasteiger partial charge in [0.2, 0.25) is 0 Å². The quantitative estimate of drug-likeness (QED) is 0.739. The van der Waals surface area contributed by atoms with Crippen molar-refractivity contribution in [1.29, 1.82) is 0 Å². The standard InChI is InChI=1S/C12H14N2O3/c15-11(16)14-5-2-12(3-6-14)7-9-1-4-13-8-10(9)17-12/h1,4,8H,2-3,5-7H2,(H,15,16). The number of likely N-dealkylation sites (tertiary alicyclic amines) is 1. The van der Waals surface area contributed by atoms with Gasteiger partial charge in [0.15, 0.2) is 0 Å². The van der Waals surface area contributed by atoms with Crippen molar-refractivity contribution >= 4 is 6.09 Å². The minimum Gasteiger partial charge on any atom is -0.485 e. The Morgan fingerprint density at radius 3 is 2.88 bits per heavy atom. The molecule has 0 aliphatic carbocycles. The number of rotatable bonds is 0. The number of ether oxygens (including phenoxy) is 1. The minimum absolute atomic E-state index is 0.197. The third kappa shape index (κ3) is 1.71. The second kappa shape index (κ2) is 3.61. The number of carbonyl (C=O) groups is 1. The molecule has 1 saturated heterocycles. The minimum atomic E-state index is -0.836. The van der Waals surface area contributed by atoms with Gasteiger partial charge in [-0.3, -0.25) is 4.98 Å². The summed E-state index contributed by atoms with van der Waals surface area (Å²) in [5.74, 6) is 0.858. The SMILES string of the molecule is O=C(O)N1CCC2(CC1)Cc1ccncc1O2. The van der Waals surface area contributed by atoms with E-state index in [9.17, 15) is 4.79 Å². The van der Waals surface area contributed by atoms with Gasteiger partial charge in [-0.05, 0) is 6.07 Å². The number of hydrogen-bond donors (Lipinski definition) is 1. The fourth-order valence-electron chi connectivity index (χ4n) is 2.65. The molecule has 1 aromatic rings. The molecule has 0 saturated carbocycles. The number of hydrogen-bond acceptors (Lipinski definition) is 3. The Hall–Kier alpha value is -1.78. The smallest absolute Gasteiger partial charge is 0.407 e. The number of fused-ring (bicyclic) bond motifs is 1. The van der Waals surface area contributed by atoms with Crippen molar-refractivity contribution in [3.63, 3.8) is 0 Å². The number of piperidine rings is 1. The summed E-state index contributed by atoms with van der Waals surface area (Å²) in [5.41, 5.74) is 0.987. The average Bonchev–Trinajstić information content (AvgIpc) is 2.67. The molecule has 17 heavy (non-hydrogen) atoms. The van der Waals surface area contributed by atoms with Crippen LogP contribution in [-0.4, -0.2) is 39.8 Å². The molecule has 5 nitrogen and oxygen atoms in total. The highest BCUT2D eigenvalue weighted by Gasteiger charge is 2.42. The van der Waals surface area contributed by atoms with Crippen molar-refractivity contribution in [2.24, 2.45) is 0 Å². The van der Waals surface area contributed by atoms with E-state index in [4.69, 9.17) is 9.84 Å². The van der Waals surface area contributed by atoms with Crippen LogP contribution in [0.4, 0.5) is 4.79 Å². The molecule has 0 bridgehead atoms. The third-order valence-electron chi connectivity index (χ3n) is 3.65. The molecule has 3 rings (SSSR count). The largest absolute Gasteiger partial charge is 0.485 e. The van der Waals surface area contributed by atoms with Gasteiger partial charge in [0, 0.05) is 44.1 Å². The molecule has 2 aliphatic rings. The van der Waals surface area contributed by atoms with Crippen LogP contribution in [0, 0.1) is 0 Å². The van der Waals surface area contributed by atoms with E-state index in [1.54, 1.807) is 12.4 Å². The first-order chi connectivity index (χ1) is 8.19. The van der Waals surface area contributed by atoms with Crippen molar-refractivity contribution in [3.05, 3.63) is 24.0 Å². The number of carboxylic acid groups (broad SMARTS) is 1. The molecule has 1 amide bonds. The van der Waals surface area contributed by atoms with Crippen LogP contribution in [0.15, 0.2) is 18.5 Å². The summed E-state index contributed by atoms with van der Waals surface area (Å²) in [7, 11) is 0. The molecule has 90 valence electrons. The van der Waals surface area contributed by atoms with Crippen LogP contribution >= 0.6 is 0 Å². The molecule has 1 spiro atoms. The first-order valence-corrected chi connectivity index (χ1v) is 5.78. The topological polar surface area (TPSA) is 62.7 Å². The Balaban J connectivity index is 1.74. The summed E-state index contributed by atoms with van der Waals surface area (Å²) in [6.45, 7) is 1.10. The summed E-state index contributed by atoms with van der Waals surface area (Å²) in [5, 5.41) is 8.92.